The normalized spacial score (nSPS) is 26.4. The van der Waals surface area contributed by atoms with Crippen LogP contribution in [0.25, 0.3) is 10.8 Å². The molecule has 6 nitrogen and oxygen atoms in total. The molecule has 1 aromatic heterocycles. The summed E-state index contributed by atoms with van der Waals surface area (Å²) in [7, 11) is 0. The molecule has 1 N–H and O–H groups in total. The van der Waals surface area contributed by atoms with Crippen LogP contribution in [0, 0.1) is 17.8 Å². The van der Waals surface area contributed by atoms with Crippen LogP contribution in [0.4, 0.5) is 0 Å². The van der Waals surface area contributed by atoms with Crippen molar-refractivity contribution in [2.75, 3.05) is 0 Å². The van der Waals surface area contributed by atoms with Gasteiger partial charge in [0.05, 0.1) is 18.4 Å². The molecule has 2 aromatic carbocycles. The van der Waals surface area contributed by atoms with Crippen LogP contribution >= 0.6 is 11.3 Å². The summed E-state index contributed by atoms with van der Waals surface area (Å²) in [6.45, 7) is 1.92. The number of carbonyl (C=O) groups is 4. The first kappa shape index (κ1) is 24.0. The Balaban J connectivity index is 1.40. The lowest BCUT2D eigenvalue weighted by atomic mass is 9.59. The number of allylic oxidation sites excluding steroid dienone is 6. The lowest BCUT2D eigenvalue weighted by Gasteiger charge is -2.42. The predicted molar refractivity (Wildman–Crippen MR) is 147 cm³/mol. The van der Waals surface area contributed by atoms with Crippen molar-refractivity contribution in [2.24, 2.45) is 17.8 Å². The molecule has 1 fully saturated rings. The largest absolute Gasteiger partial charge is 0.507 e. The molecular weight excluding hydrogens is 510 g/mol. The van der Waals surface area contributed by atoms with E-state index in [1.54, 1.807) is 13.0 Å². The van der Waals surface area contributed by atoms with Crippen molar-refractivity contribution in [3.8, 4) is 5.75 Å². The number of rotatable bonds is 3. The predicted octanol–water partition coefficient (Wildman–Crippen LogP) is 5.24. The number of imide groups is 1. The van der Waals surface area contributed by atoms with E-state index < -0.39 is 17.8 Å². The minimum absolute atomic E-state index is 0.136. The summed E-state index contributed by atoms with van der Waals surface area (Å²) in [5.41, 5.74) is 3.03. The minimum Gasteiger partial charge on any atom is -0.507 e. The van der Waals surface area contributed by atoms with Crippen LogP contribution < -0.4 is 0 Å². The molecular formula is C32H25NO5S. The first-order valence-corrected chi connectivity index (χ1v) is 14.0. The topological polar surface area (TPSA) is 91.8 Å². The average molecular weight is 536 g/mol. The molecule has 3 aliphatic carbocycles. The quantitative estimate of drug-likeness (QED) is 0.282. The number of likely N-dealkylation sites (tertiary alicyclic amines) is 1. The lowest BCUT2D eigenvalue weighted by molar-refractivity contribution is -0.140. The van der Waals surface area contributed by atoms with E-state index >= 15 is 0 Å². The minimum atomic E-state index is -0.577. The van der Waals surface area contributed by atoms with Crippen LogP contribution in [-0.2, 0) is 25.7 Å². The maximum Gasteiger partial charge on any atom is 0.234 e. The van der Waals surface area contributed by atoms with E-state index in [0.29, 0.717) is 28.5 Å². The standard InChI is InChI=1S/C32H25NO5S/c1-16-13-26(35)24-14-23-21(8-9-22-28(23)32(38)33(31(22)37)15-17-5-4-12-39-17)27(29(24)30(16)36)20-10-11-25(34)19-7-3-2-6-18(19)20/h2-8,10-13,22-23,27-28,34H,9,14-15H2,1H3/t22-,23+,27-,28-/m0/s1. The molecule has 0 saturated carbocycles. The van der Waals surface area contributed by atoms with Gasteiger partial charge in [0.1, 0.15) is 5.75 Å². The van der Waals surface area contributed by atoms with Gasteiger partial charge in [-0.1, -0.05) is 48.0 Å². The molecule has 39 heavy (non-hydrogen) atoms. The highest BCUT2D eigenvalue weighted by molar-refractivity contribution is 7.09. The van der Waals surface area contributed by atoms with E-state index in [1.807, 2.05) is 53.9 Å². The molecule has 0 spiro atoms. The maximum absolute atomic E-state index is 13.9. The number of nitrogens with zero attached hydrogens (tertiary/aromatic N) is 1. The van der Waals surface area contributed by atoms with Gasteiger partial charge >= 0.3 is 0 Å². The third kappa shape index (κ3) is 3.46. The van der Waals surface area contributed by atoms with E-state index in [0.717, 1.165) is 21.4 Å². The summed E-state index contributed by atoms with van der Waals surface area (Å²) in [5.74, 6) is -2.56. The summed E-state index contributed by atoms with van der Waals surface area (Å²) >= 11 is 1.51. The molecule has 1 saturated heterocycles. The van der Waals surface area contributed by atoms with Crippen molar-refractivity contribution in [3.63, 3.8) is 0 Å². The number of benzene rings is 2. The van der Waals surface area contributed by atoms with Gasteiger partial charge in [-0.25, -0.2) is 0 Å². The van der Waals surface area contributed by atoms with E-state index in [4.69, 9.17) is 0 Å². The van der Waals surface area contributed by atoms with Gasteiger partial charge in [0.25, 0.3) is 0 Å². The van der Waals surface area contributed by atoms with Crippen molar-refractivity contribution < 1.29 is 24.3 Å². The fourth-order valence-electron chi connectivity index (χ4n) is 7.05. The Labute approximate surface area is 228 Å². The Hall–Kier alpha value is -4.10. The molecule has 7 heteroatoms. The SMILES string of the molecule is CC1=CC(=O)C2=C(C1=O)[C@@H](c1ccc(O)c3ccccc13)C1=CC[C@@H]3C(=O)N(Cc4cccs4)C(=O)[C@@H]3[C@@H]1C2. The molecule has 7 rings (SSSR count). The van der Waals surface area contributed by atoms with Gasteiger partial charge < -0.3 is 5.11 Å². The lowest BCUT2D eigenvalue weighted by Crippen LogP contribution is -2.39. The molecule has 2 amide bonds. The summed E-state index contributed by atoms with van der Waals surface area (Å²) in [6, 6.07) is 14.7. The highest BCUT2D eigenvalue weighted by Gasteiger charge is 2.56. The molecule has 194 valence electrons. The zero-order valence-corrected chi connectivity index (χ0v) is 22.0. The smallest absolute Gasteiger partial charge is 0.234 e. The first-order valence-electron chi connectivity index (χ1n) is 13.1. The summed E-state index contributed by atoms with van der Waals surface area (Å²) < 4.78 is 0. The molecule has 0 unspecified atom stereocenters. The zero-order valence-electron chi connectivity index (χ0n) is 21.2. The average Bonchev–Trinajstić information content (AvgIpc) is 3.54. The number of thiophene rings is 1. The van der Waals surface area contributed by atoms with Crippen molar-refractivity contribution in [3.05, 3.63) is 98.8 Å². The summed E-state index contributed by atoms with van der Waals surface area (Å²) in [4.78, 5) is 56.7. The van der Waals surface area contributed by atoms with E-state index in [-0.39, 0.29) is 48.0 Å². The Morgan fingerprint density at radius 1 is 0.949 bits per heavy atom. The molecule has 3 aromatic rings. The van der Waals surface area contributed by atoms with Crippen LogP contribution in [0.5, 0.6) is 5.75 Å². The fraction of sp³-hybridized carbons (Fsp3) is 0.250. The van der Waals surface area contributed by atoms with Gasteiger partial charge in [0.15, 0.2) is 11.6 Å². The maximum atomic E-state index is 13.9. The second kappa shape index (κ2) is 8.71. The van der Waals surface area contributed by atoms with Gasteiger partial charge in [-0.15, -0.1) is 11.3 Å². The Morgan fingerprint density at radius 3 is 2.51 bits per heavy atom. The number of Topliss-reactive ketones (excluding diaryl/α,β-unsaturated/α-hetero) is 1. The number of amides is 2. The van der Waals surface area contributed by atoms with Gasteiger partial charge in [-0.05, 0) is 60.2 Å². The van der Waals surface area contributed by atoms with E-state index in [2.05, 4.69) is 0 Å². The number of hydrogen-bond acceptors (Lipinski definition) is 6. The van der Waals surface area contributed by atoms with E-state index in [9.17, 15) is 24.3 Å². The Kier molecular flexibility index (Phi) is 5.36. The highest BCUT2D eigenvalue weighted by atomic mass is 32.1. The molecule has 0 bridgehead atoms. The van der Waals surface area contributed by atoms with Crippen molar-refractivity contribution in [2.45, 2.75) is 32.2 Å². The molecule has 0 radical (unpaired) electrons. The third-order valence-electron chi connectivity index (χ3n) is 8.80. The highest BCUT2D eigenvalue weighted by Crippen LogP contribution is 2.56. The van der Waals surface area contributed by atoms with Crippen LogP contribution in [0.3, 0.4) is 0 Å². The summed E-state index contributed by atoms with van der Waals surface area (Å²) in [5, 5.41) is 13.9. The third-order valence-corrected chi connectivity index (χ3v) is 9.66. The second-order valence-corrected chi connectivity index (χ2v) is 11.8. The molecule has 4 atom stereocenters. The van der Waals surface area contributed by atoms with E-state index in [1.165, 1.54) is 22.3 Å². The van der Waals surface area contributed by atoms with Crippen LogP contribution in [-0.4, -0.2) is 33.4 Å². The number of fused-ring (bicyclic) bond motifs is 4. The molecule has 1 aliphatic heterocycles. The zero-order chi connectivity index (χ0) is 27.0. The van der Waals surface area contributed by atoms with Gasteiger partial charge in [0, 0.05) is 32.9 Å². The van der Waals surface area contributed by atoms with Crippen molar-refractivity contribution >= 4 is 45.5 Å². The Morgan fingerprint density at radius 2 is 1.74 bits per heavy atom. The fourth-order valence-corrected chi connectivity index (χ4v) is 7.75. The number of phenols is 1. The summed E-state index contributed by atoms with van der Waals surface area (Å²) in [6.07, 6.45) is 4.10. The number of carbonyl (C=O) groups excluding carboxylic acids is 4. The van der Waals surface area contributed by atoms with Crippen molar-refractivity contribution in [1.29, 1.82) is 0 Å². The number of aromatic hydroxyl groups is 1. The first-order chi connectivity index (χ1) is 18.8. The number of hydrogen-bond donors (Lipinski definition) is 1. The van der Waals surface area contributed by atoms with Crippen LogP contribution in [0.2, 0.25) is 0 Å². The van der Waals surface area contributed by atoms with Crippen LogP contribution in [0.15, 0.2) is 88.4 Å². The molecule has 4 aliphatic rings. The Bertz CT molecular complexity index is 1710. The monoisotopic (exact) mass is 535 g/mol. The second-order valence-electron chi connectivity index (χ2n) is 10.8. The number of ketones is 2. The van der Waals surface area contributed by atoms with Crippen LogP contribution in [0.1, 0.15) is 36.1 Å². The van der Waals surface area contributed by atoms with Gasteiger partial charge in [-0.2, -0.15) is 0 Å². The van der Waals surface area contributed by atoms with Crippen molar-refractivity contribution in [1.82, 2.24) is 4.90 Å². The molecule has 2 heterocycles. The number of phenolic OH excluding ortho intramolecular Hbond substituents is 1. The van der Waals surface area contributed by atoms with Gasteiger partial charge in [-0.3, -0.25) is 24.1 Å². The van der Waals surface area contributed by atoms with Gasteiger partial charge in [0.2, 0.25) is 11.8 Å².